The normalized spacial score (nSPS) is 25.9. The Morgan fingerprint density at radius 3 is 2.88 bits per heavy atom. The van der Waals surface area contributed by atoms with E-state index in [1.54, 1.807) is 12.4 Å². The molecule has 5 nitrogen and oxygen atoms in total. The molecule has 24 heavy (non-hydrogen) atoms. The van der Waals surface area contributed by atoms with Gasteiger partial charge in [-0.15, -0.1) is 0 Å². The Labute approximate surface area is 144 Å². The van der Waals surface area contributed by atoms with E-state index in [-0.39, 0.29) is 5.91 Å². The molecule has 2 N–H and O–H groups in total. The first kappa shape index (κ1) is 17.4. The molecule has 1 saturated heterocycles. The topological polar surface area (TPSA) is 65.5 Å². The number of nitrogens with one attached hydrogen (secondary N) is 1. The number of piperidine rings is 1. The molecule has 1 amide bonds. The summed E-state index contributed by atoms with van der Waals surface area (Å²) in [5.74, 6) is 0.534. The number of amides is 1. The van der Waals surface area contributed by atoms with Crippen LogP contribution in [0.4, 0.5) is 0 Å². The second-order valence-corrected chi connectivity index (χ2v) is 7.36. The van der Waals surface area contributed by atoms with Crippen LogP contribution in [0, 0.1) is 5.92 Å². The van der Waals surface area contributed by atoms with Crippen molar-refractivity contribution in [3.63, 3.8) is 0 Å². The number of pyridine rings is 1. The molecule has 0 aromatic carbocycles. The predicted molar refractivity (Wildman–Crippen MR) is 93.3 cm³/mol. The zero-order valence-corrected chi connectivity index (χ0v) is 14.4. The van der Waals surface area contributed by atoms with Crippen LogP contribution in [0.5, 0.6) is 0 Å². The summed E-state index contributed by atoms with van der Waals surface area (Å²) < 4.78 is 0. The summed E-state index contributed by atoms with van der Waals surface area (Å²) in [7, 11) is 0. The highest BCUT2D eigenvalue weighted by Gasteiger charge is 2.42. The van der Waals surface area contributed by atoms with E-state index in [0.29, 0.717) is 25.4 Å². The Hall–Kier alpha value is -1.46. The third-order valence-electron chi connectivity index (χ3n) is 5.38. The Morgan fingerprint density at radius 1 is 1.29 bits per heavy atom. The van der Waals surface area contributed by atoms with Gasteiger partial charge in [0.1, 0.15) is 0 Å². The van der Waals surface area contributed by atoms with Crippen LogP contribution < -0.4 is 5.32 Å². The summed E-state index contributed by atoms with van der Waals surface area (Å²) in [5, 5.41) is 14.1. The monoisotopic (exact) mass is 331 g/mol. The van der Waals surface area contributed by atoms with Crippen LogP contribution in [0.15, 0.2) is 24.5 Å². The van der Waals surface area contributed by atoms with Crippen LogP contribution in [0.25, 0.3) is 0 Å². The maximum absolute atomic E-state index is 12.8. The van der Waals surface area contributed by atoms with Gasteiger partial charge in [0.25, 0.3) is 5.91 Å². The Morgan fingerprint density at radius 2 is 2.12 bits per heavy atom. The van der Waals surface area contributed by atoms with E-state index < -0.39 is 5.60 Å². The third-order valence-corrected chi connectivity index (χ3v) is 5.38. The second kappa shape index (κ2) is 8.08. The van der Waals surface area contributed by atoms with Gasteiger partial charge in [0.2, 0.25) is 0 Å². The molecule has 1 unspecified atom stereocenters. The van der Waals surface area contributed by atoms with Crippen molar-refractivity contribution in [2.24, 2.45) is 5.92 Å². The van der Waals surface area contributed by atoms with Gasteiger partial charge >= 0.3 is 0 Å². The van der Waals surface area contributed by atoms with Crippen molar-refractivity contribution in [3.8, 4) is 0 Å². The number of hydrogen-bond acceptors (Lipinski definition) is 4. The molecule has 0 bridgehead atoms. The van der Waals surface area contributed by atoms with E-state index >= 15 is 0 Å². The maximum atomic E-state index is 12.8. The molecule has 5 heteroatoms. The van der Waals surface area contributed by atoms with Gasteiger partial charge in [0.15, 0.2) is 5.60 Å². The number of nitrogens with zero attached hydrogens (tertiary/aromatic N) is 2. The Kier molecular flexibility index (Phi) is 5.85. The van der Waals surface area contributed by atoms with Crippen LogP contribution in [0.1, 0.15) is 50.5 Å². The molecule has 2 heterocycles. The summed E-state index contributed by atoms with van der Waals surface area (Å²) in [6.45, 7) is 2.54. The van der Waals surface area contributed by atoms with E-state index in [9.17, 15) is 9.90 Å². The minimum Gasteiger partial charge on any atom is -0.379 e. The minimum absolute atomic E-state index is 0.0852. The molecule has 132 valence electrons. The lowest BCUT2D eigenvalue weighted by Gasteiger charge is -2.40. The standard InChI is InChI=1S/C19H29N3O2/c23-18-19(24,15-21-13-17-8-4-10-20-12-17)9-5-11-22(18)14-16-6-2-1-3-7-16/h4,8,10,12,16,21,24H,1-3,5-7,9,11,13-15H2. The summed E-state index contributed by atoms with van der Waals surface area (Å²) in [4.78, 5) is 18.8. The van der Waals surface area contributed by atoms with Gasteiger partial charge in [-0.25, -0.2) is 0 Å². The van der Waals surface area contributed by atoms with Gasteiger partial charge in [-0.05, 0) is 43.2 Å². The zero-order chi connectivity index (χ0) is 16.8. The van der Waals surface area contributed by atoms with Crippen LogP contribution in [-0.4, -0.2) is 46.1 Å². The number of rotatable bonds is 6. The number of likely N-dealkylation sites (tertiary alicyclic amines) is 1. The van der Waals surface area contributed by atoms with Crippen molar-refractivity contribution in [2.75, 3.05) is 19.6 Å². The molecule has 1 aromatic heterocycles. The van der Waals surface area contributed by atoms with Gasteiger partial charge in [0, 0.05) is 38.6 Å². The van der Waals surface area contributed by atoms with Crippen molar-refractivity contribution < 1.29 is 9.90 Å². The molecule has 1 atom stereocenters. The molecule has 1 aromatic rings. The average molecular weight is 331 g/mol. The first-order valence-corrected chi connectivity index (χ1v) is 9.29. The zero-order valence-electron chi connectivity index (χ0n) is 14.4. The number of aromatic nitrogens is 1. The predicted octanol–water partition coefficient (Wildman–Crippen LogP) is 2.10. The van der Waals surface area contributed by atoms with Crippen molar-refractivity contribution >= 4 is 5.91 Å². The largest absolute Gasteiger partial charge is 0.379 e. The fraction of sp³-hybridized carbons (Fsp3) is 0.684. The van der Waals surface area contributed by atoms with Crippen molar-refractivity contribution in [1.82, 2.24) is 15.2 Å². The summed E-state index contributed by atoms with van der Waals surface area (Å²) in [5.41, 5.74) is -0.196. The van der Waals surface area contributed by atoms with Crippen LogP contribution >= 0.6 is 0 Å². The highest BCUT2D eigenvalue weighted by atomic mass is 16.3. The van der Waals surface area contributed by atoms with Gasteiger partial charge in [-0.1, -0.05) is 25.3 Å². The molecule has 0 spiro atoms. The van der Waals surface area contributed by atoms with E-state index in [4.69, 9.17) is 0 Å². The van der Waals surface area contributed by atoms with Crippen LogP contribution in [-0.2, 0) is 11.3 Å². The maximum Gasteiger partial charge on any atom is 0.255 e. The second-order valence-electron chi connectivity index (χ2n) is 7.36. The van der Waals surface area contributed by atoms with E-state index in [1.807, 2.05) is 17.0 Å². The van der Waals surface area contributed by atoms with Crippen molar-refractivity contribution in [1.29, 1.82) is 0 Å². The summed E-state index contributed by atoms with van der Waals surface area (Å²) in [6.07, 6.45) is 11.3. The number of carbonyl (C=O) groups excluding carboxylic acids is 1. The smallest absolute Gasteiger partial charge is 0.255 e. The Bertz CT molecular complexity index is 531. The molecular weight excluding hydrogens is 302 g/mol. The summed E-state index contributed by atoms with van der Waals surface area (Å²) >= 11 is 0. The SMILES string of the molecule is O=C1N(CC2CCCCC2)CCCC1(O)CNCc1cccnc1. The number of hydrogen-bond donors (Lipinski definition) is 2. The summed E-state index contributed by atoms with van der Waals surface area (Å²) in [6, 6.07) is 3.88. The quantitative estimate of drug-likeness (QED) is 0.838. The fourth-order valence-electron chi connectivity index (χ4n) is 4.00. The lowest BCUT2D eigenvalue weighted by atomic mass is 9.86. The molecule has 1 aliphatic carbocycles. The highest BCUT2D eigenvalue weighted by Crippen LogP contribution is 2.28. The van der Waals surface area contributed by atoms with Gasteiger partial charge in [-0.2, -0.15) is 0 Å². The van der Waals surface area contributed by atoms with Crippen LogP contribution in [0.3, 0.4) is 0 Å². The fourth-order valence-corrected chi connectivity index (χ4v) is 4.00. The minimum atomic E-state index is -1.25. The molecule has 1 aliphatic heterocycles. The highest BCUT2D eigenvalue weighted by molar-refractivity contribution is 5.86. The number of aliphatic hydroxyl groups is 1. The van der Waals surface area contributed by atoms with Gasteiger partial charge in [-0.3, -0.25) is 9.78 Å². The van der Waals surface area contributed by atoms with Crippen molar-refractivity contribution in [2.45, 2.75) is 57.1 Å². The van der Waals surface area contributed by atoms with Gasteiger partial charge < -0.3 is 15.3 Å². The van der Waals surface area contributed by atoms with E-state index in [2.05, 4.69) is 10.3 Å². The molecule has 1 saturated carbocycles. The molecule has 2 fully saturated rings. The lowest BCUT2D eigenvalue weighted by molar-refractivity contribution is -0.157. The Balaban J connectivity index is 1.52. The molecular formula is C19H29N3O2. The molecule has 2 aliphatic rings. The van der Waals surface area contributed by atoms with Gasteiger partial charge in [0.05, 0.1) is 0 Å². The van der Waals surface area contributed by atoms with Crippen molar-refractivity contribution in [3.05, 3.63) is 30.1 Å². The molecule has 3 rings (SSSR count). The third kappa shape index (κ3) is 4.33. The number of carbonyl (C=O) groups is 1. The first-order valence-electron chi connectivity index (χ1n) is 9.29. The van der Waals surface area contributed by atoms with Crippen LogP contribution in [0.2, 0.25) is 0 Å². The first-order chi connectivity index (χ1) is 11.7. The molecule has 0 radical (unpaired) electrons. The van der Waals surface area contributed by atoms with E-state index in [0.717, 1.165) is 25.1 Å². The average Bonchev–Trinajstić information content (AvgIpc) is 2.61. The van der Waals surface area contributed by atoms with E-state index in [1.165, 1.54) is 32.1 Å². The lowest BCUT2D eigenvalue weighted by Crippen LogP contribution is -2.58.